The molecule has 0 bridgehead atoms. The van der Waals surface area contributed by atoms with E-state index < -0.39 is 0 Å². The summed E-state index contributed by atoms with van der Waals surface area (Å²) in [6, 6.07) is 9.72. The summed E-state index contributed by atoms with van der Waals surface area (Å²) >= 11 is 0. The van der Waals surface area contributed by atoms with Crippen LogP contribution in [-0.4, -0.2) is 33.4 Å². The predicted octanol–water partition coefficient (Wildman–Crippen LogP) is 3.58. The van der Waals surface area contributed by atoms with Gasteiger partial charge in [0.05, 0.1) is 6.61 Å². The summed E-state index contributed by atoms with van der Waals surface area (Å²) < 4.78 is 5.04. The third-order valence-electron chi connectivity index (χ3n) is 4.53. The molecule has 0 radical (unpaired) electrons. The molecule has 1 aliphatic rings. The van der Waals surface area contributed by atoms with Crippen molar-refractivity contribution in [1.29, 1.82) is 0 Å². The van der Waals surface area contributed by atoms with E-state index in [0.717, 1.165) is 25.7 Å². The van der Waals surface area contributed by atoms with Crippen molar-refractivity contribution in [2.24, 2.45) is 0 Å². The molecule has 3 heteroatoms. The first-order chi connectivity index (χ1) is 10.3. The highest BCUT2D eigenvalue weighted by molar-refractivity contribution is 5.47. The highest BCUT2D eigenvalue weighted by Gasteiger charge is 2.17. The zero-order chi connectivity index (χ0) is 14.9. The van der Waals surface area contributed by atoms with E-state index in [1.807, 2.05) is 0 Å². The highest BCUT2D eigenvalue weighted by Crippen LogP contribution is 2.25. The smallest absolute Gasteiger partial charge is 0.0587 e. The van der Waals surface area contributed by atoms with Gasteiger partial charge in [-0.15, -0.1) is 0 Å². The molecular formula is C18H30N2O. The second-order valence-corrected chi connectivity index (χ2v) is 6.09. The Morgan fingerprint density at radius 2 is 1.76 bits per heavy atom. The SMILES string of the molecule is COCCNCc1ccc(N(C)C2CCCCCC2)cc1. The lowest BCUT2D eigenvalue weighted by Crippen LogP contribution is -2.31. The fraction of sp³-hybridized carbons (Fsp3) is 0.667. The number of nitrogens with zero attached hydrogens (tertiary/aromatic N) is 1. The third kappa shape index (κ3) is 5.33. The standard InChI is InChI=1S/C18H30N2O/c1-20(17-7-5-3-4-6-8-17)18-11-9-16(10-12-18)15-19-13-14-21-2/h9-12,17,19H,3-8,13-15H2,1-2H3. The Morgan fingerprint density at radius 3 is 2.38 bits per heavy atom. The molecule has 118 valence electrons. The summed E-state index contributed by atoms with van der Waals surface area (Å²) in [6.07, 6.45) is 8.29. The van der Waals surface area contributed by atoms with Crippen LogP contribution in [0.5, 0.6) is 0 Å². The summed E-state index contributed by atoms with van der Waals surface area (Å²) in [7, 11) is 3.99. The van der Waals surface area contributed by atoms with Crippen LogP contribution >= 0.6 is 0 Å². The minimum Gasteiger partial charge on any atom is -0.383 e. The topological polar surface area (TPSA) is 24.5 Å². The van der Waals surface area contributed by atoms with E-state index >= 15 is 0 Å². The van der Waals surface area contributed by atoms with Gasteiger partial charge in [0.25, 0.3) is 0 Å². The van der Waals surface area contributed by atoms with E-state index in [1.165, 1.54) is 49.8 Å². The number of rotatable bonds is 7. The van der Waals surface area contributed by atoms with Crippen LogP contribution in [0.4, 0.5) is 5.69 Å². The maximum Gasteiger partial charge on any atom is 0.0587 e. The molecule has 0 spiro atoms. The van der Waals surface area contributed by atoms with Gasteiger partial charge >= 0.3 is 0 Å². The number of anilines is 1. The van der Waals surface area contributed by atoms with Crippen molar-refractivity contribution < 1.29 is 4.74 Å². The maximum atomic E-state index is 5.04. The van der Waals surface area contributed by atoms with Crippen molar-refractivity contribution in [3.63, 3.8) is 0 Å². The fourth-order valence-corrected chi connectivity index (χ4v) is 3.11. The van der Waals surface area contributed by atoms with Crippen LogP contribution in [0.3, 0.4) is 0 Å². The molecule has 3 nitrogen and oxygen atoms in total. The molecule has 1 fully saturated rings. The van der Waals surface area contributed by atoms with E-state index in [-0.39, 0.29) is 0 Å². The summed E-state index contributed by atoms with van der Waals surface area (Å²) in [5.74, 6) is 0. The van der Waals surface area contributed by atoms with Crippen LogP contribution in [0.1, 0.15) is 44.1 Å². The number of ether oxygens (including phenoxy) is 1. The molecule has 1 aliphatic carbocycles. The lowest BCUT2D eigenvalue weighted by atomic mass is 10.1. The second-order valence-electron chi connectivity index (χ2n) is 6.09. The minimum absolute atomic E-state index is 0.721. The molecule has 0 saturated heterocycles. The zero-order valence-corrected chi connectivity index (χ0v) is 13.6. The quantitative estimate of drug-likeness (QED) is 0.613. The van der Waals surface area contributed by atoms with Crippen molar-refractivity contribution in [3.8, 4) is 0 Å². The average molecular weight is 290 g/mol. The Kier molecular flexibility index (Phi) is 7.04. The molecule has 1 saturated carbocycles. The van der Waals surface area contributed by atoms with Crippen LogP contribution < -0.4 is 10.2 Å². The van der Waals surface area contributed by atoms with Crippen molar-refractivity contribution in [2.45, 2.75) is 51.1 Å². The van der Waals surface area contributed by atoms with Gasteiger partial charge in [-0.1, -0.05) is 37.8 Å². The van der Waals surface area contributed by atoms with Crippen molar-refractivity contribution in [2.75, 3.05) is 32.2 Å². The van der Waals surface area contributed by atoms with Gasteiger partial charge in [0.1, 0.15) is 0 Å². The molecule has 1 N–H and O–H groups in total. The highest BCUT2D eigenvalue weighted by atomic mass is 16.5. The van der Waals surface area contributed by atoms with Crippen molar-refractivity contribution in [3.05, 3.63) is 29.8 Å². The minimum atomic E-state index is 0.721. The Hall–Kier alpha value is -1.06. The molecule has 1 aromatic rings. The Morgan fingerprint density at radius 1 is 1.10 bits per heavy atom. The van der Waals surface area contributed by atoms with Gasteiger partial charge in [-0.25, -0.2) is 0 Å². The summed E-state index contributed by atoms with van der Waals surface area (Å²) in [4.78, 5) is 2.48. The number of nitrogens with one attached hydrogen (secondary N) is 1. The van der Waals surface area contributed by atoms with Crippen LogP contribution in [0.2, 0.25) is 0 Å². The Labute approximate surface area is 129 Å². The number of methoxy groups -OCH3 is 1. The molecule has 1 aromatic carbocycles. The van der Waals surface area contributed by atoms with Crippen LogP contribution in [0.25, 0.3) is 0 Å². The second kappa shape index (κ2) is 9.06. The first-order valence-corrected chi connectivity index (χ1v) is 8.32. The molecule has 0 amide bonds. The van der Waals surface area contributed by atoms with Gasteiger partial charge in [0.15, 0.2) is 0 Å². The Bertz CT molecular complexity index is 383. The van der Waals surface area contributed by atoms with Gasteiger partial charge in [-0.2, -0.15) is 0 Å². The molecule has 0 aromatic heterocycles. The van der Waals surface area contributed by atoms with E-state index in [4.69, 9.17) is 4.74 Å². The van der Waals surface area contributed by atoms with Crippen molar-refractivity contribution >= 4 is 5.69 Å². The maximum absolute atomic E-state index is 5.04. The van der Waals surface area contributed by atoms with Gasteiger partial charge < -0.3 is 15.0 Å². The van der Waals surface area contributed by atoms with E-state index in [1.54, 1.807) is 7.11 Å². The number of benzene rings is 1. The number of hydrogen-bond acceptors (Lipinski definition) is 3. The molecule has 21 heavy (non-hydrogen) atoms. The van der Waals surface area contributed by atoms with Gasteiger partial charge in [0.2, 0.25) is 0 Å². The molecule has 0 atom stereocenters. The molecule has 0 aliphatic heterocycles. The fourth-order valence-electron chi connectivity index (χ4n) is 3.11. The van der Waals surface area contributed by atoms with E-state index in [2.05, 4.69) is 41.5 Å². The van der Waals surface area contributed by atoms with E-state index in [9.17, 15) is 0 Å². The van der Waals surface area contributed by atoms with Crippen molar-refractivity contribution in [1.82, 2.24) is 5.32 Å². The normalized spacial score (nSPS) is 16.7. The summed E-state index contributed by atoms with van der Waals surface area (Å²) in [6.45, 7) is 2.58. The lowest BCUT2D eigenvalue weighted by molar-refractivity contribution is 0.199. The molecular weight excluding hydrogens is 260 g/mol. The Balaban J connectivity index is 1.85. The third-order valence-corrected chi connectivity index (χ3v) is 4.53. The average Bonchev–Trinajstić information content (AvgIpc) is 2.81. The predicted molar refractivity (Wildman–Crippen MR) is 89.9 cm³/mol. The monoisotopic (exact) mass is 290 g/mol. The molecule has 2 rings (SSSR count). The summed E-state index contributed by atoms with van der Waals surface area (Å²) in [5.41, 5.74) is 2.69. The van der Waals surface area contributed by atoms with Gasteiger partial charge in [0, 0.05) is 39.0 Å². The molecule has 0 unspecified atom stereocenters. The first kappa shape index (κ1) is 16.3. The first-order valence-electron chi connectivity index (χ1n) is 8.32. The van der Waals surface area contributed by atoms with Crippen LogP contribution in [-0.2, 0) is 11.3 Å². The van der Waals surface area contributed by atoms with E-state index in [0.29, 0.717) is 0 Å². The van der Waals surface area contributed by atoms with Crippen LogP contribution in [0, 0.1) is 0 Å². The largest absolute Gasteiger partial charge is 0.383 e. The summed E-state index contributed by atoms with van der Waals surface area (Å²) in [5, 5.41) is 3.38. The van der Waals surface area contributed by atoms with Gasteiger partial charge in [-0.3, -0.25) is 0 Å². The van der Waals surface area contributed by atoms with Crippen LogP contribution in [0.15, 0.2) is 24.3 Å². The van der Waals surface area contributed by atoms with Gasteiger partial charge in [-0.05, 0) is 30.5 Å². The number of hydrogen-bond donors (Lipinski definition) is 1. The zero-order valence-electron chi connectivity index (χ0n) is 13.6. The lowest BCUT2D eigenvalue weighted by Gasteiger charge is -2.29. The molecule has 0 heterocycles.